The number of aromatic nitrogens is 5. The lowest BCUT2D eigenvalue weighted by atomic mass is 9.80. The fourth-order valence-corrected chi connectivity index (χ4v) is 6.55. The van der Waals surface area contributed by atoms with Gasteiger partial charge in [0.25, 0.3) is 0 Å². The topological polar surface area (TPSA) is 80.0 Å². The summed E-state index contributed by atoms with van der Waals surface area (Å²) in [5.41, 5.74) is 3.81. The number of rotatable bonds is 3. The number of nitrogens with one attached hydrogen (secondary N) is 2. The Hall–Kier alpha value is -2.10. The van der Waals surface area contributed by atoms with E-state index < -0.39 is 0 Å². The van der Waals surface area contributed by atoms with Crippen molar-refractivity contribution in [2.75, 3.05) is 5.32 Å². The highest BCUT2D eigenvalue weighted by Crippen LogP contribution is 2.35. The quantitative estimate of drug-likeness (QED) is 0.475. The van der Waals surface area contributed by atoms with Crippen molar-refractivity contribution in [3.63, 3.8) is 0 Å². The molecule has 9 heteroatoms. The molecule has 4 aromatic heterocycles. The molecule has 30 heavy (non-hydrogen) atoms. The summed E-state index contributed by atoms with van der Waals surface area (Å²) in [6.45, 7) is 13.1. The Bertz CT molecular complexity index is 1200. The van der Waals surface area contributed by atoms with E-state index in [-0.39, 0.29) is 11.1 Å². The lowest BCUT2D eigenvalue weighted by Crippen LogP contribution is -2.60. The molecule has 1 fully saturated rings. The number of anilines is 1. The second-order valence-electron chi connectivity index (χ2n) is 9.58. The number of piperidine rings is 1. The Morgan fingerprint density at radius 2 is 1.77 bits per heavy atom. The summed E-state index contributed by atoms with van der Waals surface area (Å²) < 4.78 is 2.96. The monoisotopic (exact) mass is 441 g/mol. The third-order valence-corrected chi connectivity index (χ3v) is 7.25. The van der Waals surface area contributed by atoms with E-state index in [1.807, 2.05) is 24.6 Å². The highest BCUT2D eigenvalue weighted by atomic mass is 32.1. The van der Waals surface area contributed by atoms with Gasteiger partial charge in [0.1, 0.15) is 16.2 Å². The van der Waals surface area contributed by atoms with Crippen molar-refractivity contribution in [3.8, 4) is 11.4 Å². The van der Waals surface area contributed by atoms with Crippen LogP contribution in [0.3, 0.4) is 0 Å². The van der Waals surface area contributed by atoms with Gasteiger partial charge in [-0.25, -0.2) is 19.5 Å². The summed E-state index contributed by atoms with van der Waals surface area (Å²) in [6.07, 6.45) is 4.07. The fourth-order valence-electron chi connectivity index (χ4n) is 4.79. The molecule has 1 saturated heterocycles. The molecule has 5 heterocycles. The summed E-state index contributed by atoms with van der Waals surface area (Å²) in [4.78, 5) is 15.2. The Kier molecular flexibility index (Phi) is 4.43. The highest BCUT2D eigenvalue weighted by Gasteiger charge is 2.37. The van der Waals surface area contributed by atoms with Gasteiger partial charge in [-0.05, 0) is 60.5 Å². The van der Waals surface area contributed by atoms with E-state index in [0.29, 0.717) is 6.04 Å². The molecule has 7 nitrogen and oxygen atoms in total. The molecule has 0 atom stereocenters. The largest absolute Gasteiger partial charge is 0.359 e. The average molecular weight is 442 g/mol. The Labute approximate surface area is 184 Å². The first-order valence-corrected chi connectivity index (χ1v) is 11.9. The number of nitrogens with zero attached hydrogens (tertiary/aromatic N) is 5. The Balaban J connectivity index is 1.45. The van der Waals surface area contributed by atoms with Crippen LogP contribution in [0.1, 0.15) is 51.2 Å². The molecular weight excluding hydrogens is 414 g/mol. The molecule has 0 amide bonds. The molecule has 4 aromatic rings. The maximum absolute atomic E-state index is 4.87. The smallest absolute Gasteiger partial charge is 0.212 e. The van der Waals surface area contributed by atoms with E-state index >= 15 is 0 Å². The molecule has 1 aliphatic rings. The number of pyridine rings is 1. The zero-order valence-electron chi connectivity index (χ0n) is 18.2. The Morgan fingerprint density at radius 1 is 1.03 bits per heavy atom. The molecule has 5 rings (SSSR count). The van der Waals surface area contributed by atoms with Crippen LogP contribution in [0, 0.1) is 13.8 Å². The molecule has 2 N–H and O–H groups in total. The minimum absolute atomic E-state index is 0.0983. The molecule has 0 spiro atoms. The molecule has 0 aliphatic carbocycles. The van der Waals surface area contributed by atoms with E-state index in [0.717, 1.165) is 55.2 Å². The normalized spacial score (nSPS) is 19.0. The van der Waals surface area contributed by atoms with Crippen LogP contribution in [0.5, 0.6) is 0 Å². The summed E-state index contributed by atoms with van der Waals surface area (Å²) in [5, 5.41) is 13.9. The molecule has 0 radical (unpaired) electrons. The lowest BCUT2D eigenvalue weighted by molar-refractivity contribution is 0.170. The zero-order chi connectivity index (χ0) is 21.3. The van der Waals surface area contributed by atoms with Crippen LogP contribution in [-0.2, 0) is 0 Å². The van der Waals surface area contributed by atoms with Crippen LogP contribution in [0.15, 0.2) is 12.3 Å². The number of hydrogen-bond donors (Lipinski definition) is 2. The zero-order valence-corrected chi connectivity index (χ0v) is 19.8. The fraction of sp³-hybridized carbons (Fsp3) is 0.524. The van der Waals surface area contributed by atoms with Crippen LogP contribution in [0.25, 0.3) is 26.6 Å². The first-order chi connectivity index (χ1) is 14.1. The van der Waals surface area contributed by atoms with Gasteiger partial charge in [0.15, 0.2) is 5.13 Å². The van der Waals surface area contributed by atoms with Crippen molar-refractivity contribution in [2.45, 2.75) is 71.5 Å². The van der Waals surface area contributed by atoms with Crippen LogP contribution in [-0.4, -0.2) is 41.7 Å². The molecule has 0 saturated carbocycles. The standard InChI is InChI=1S/C21H27N7S2/c1-11-17-16(7-14(22-11)15-10-28-19(24-15)29-12(2)26-28)30-18(25-17)23-13-8-20(3,4)27-21(5,6)9-13/h7,10,13,27H,8-9H2,1-6H3,(H,23,25). The van der Waals surface area contributed by atoms with E-state index in [1.165, 1.54) is 0 Å². The first-order valence-electron chi connectivity index (χ1n) is 10.2. The summed E-state index contributed by atoms with van der Waals surface area (Å²) in [5.74, 6) is 0. The van der Waals surface area contributed by atoms with Gasteiger partial charge in [0, 0.05) is 17.1 Å². The molecule has 0 bridgehead atoms. The van der Waals surface area contributed by atoms with Gasteiger partial charge in [-0.1, -0.05) is 22.7 Å². The third kappa shape index (κ3) is 3.70. The average Bonchev–Trinajstić information content (AvgIpc) is 3.23. The lowest BCUT2D eigenvalue weighted by Gasteiger charge is -2.46. The van der Waals surface area contributed by atoms with Gasteiger partial charge < -0.3 is 10.6 Å². The number of thiazole rings is 1. The first kappa shape index (κ1) is 19.8. The minimum Gasteiger partial charge on any atom is -0.359 e. The van der Waals surface area contributed by atoms with Crippen LogP contribution < -0.4 is 10.6 Å². The number of fused-ring (bicyclic) bond motifs is 2. The van der Waals surface area contributed by atoms with Crippen molar-refractivity contribution >= 4 is 43.0 Å². The summed E-state index contributed by atoms with van der Waals surface area (Å²) >= 11 is 3.28. The maximum Gasteiger partial charge on any atom is 0.212 e. The number of aryl methyl sites for hydroxylation is 2. The Morgan fingerprint density at radius 3 is 2.47 bits per heavy atom. The molecule has 1 aliphatic heterocycles. The second-order valence-corrected chi connectivity index (χ2v) is 11.8. The third-order valence-electron chi connectivity index (χ3n) is 5.48. The van der Waals surface area contributed by atoms with Crippen molar-refractivity contribution < 1.29 is 0 Å². The van der Waals surface area contributed by atoms with Crippen molar-refractivity contribution in [2.24, 2.45) is 0 Å². The van der Waals surface area contributed by atoms with Crippen molar-refractivity contribution in [1.82, 2.24) is 29.9 Å². The molecule has 0 aromatic carbocycles. The minimum atomic E-state index is 0.0983. The van der Waals surface area contributed by atoms with Gasteiger partial charge in [-0.2, -0.15) is 5.10 Å². The van der Waals surface area contributed by atoms with E-state index in [1.54, 1.807) is 22.7 Å². The number of imidazole rings is 1. The van der Waals surface area contributed by atoms with Crippen LogP contribution in [0.2, 0.25) is 0 Å². The van der Waals surface area contributed by atoms with Crippen molar-refractivity contribution in [3.05, 3.63) is 23.0 Å². The van der Waals surface area contributed by atoms with Crippen molar-refractivity contribution in [1.29, 1.82) is 0 Å². The van der Waals surface area contributed by atoms with Gasteiger partial charge in [-0.3, -0.25) is 0 Å². The predicted octanol–water partition coefficient (Wildman–Crippen LogP) is 4.80. The highest BCUT2D eigenvalue weighted by molar-refractivity contribution is 7.22. The molecule has 158 valence electrons. The molecule has 0 unspecified atom stereocenters. The van der Waals surface area contributed by atoms with E-state index in [2.05, 4.69) is 49.5 Å². The number of hydrogen-bond acceptors (Lipinski definition) is 8. The van der Waals surface area contributed by atoms with Crippen LogP contribution in [0.4, 0.5) is 5.13 Å². The van der Waals surface area contributed by atoms with E-state index in [9.17, 15) is 0 Å². The maximum atomic E-state index is 4.87. The van der Waals surface area contributed by atoms with Gasteiger partial charge in [-0.15, -0.1) is 0 Å². The second kappa shape index (κ2) is 6.70. The van der Waals surface area contributed by atoms with Gasteiger partial charge in [0.2, 0.25) is 4.96 Å². The van der Waals surface area contributed by atoms with Crippen LogP contribution >= 0.6 is 22.7 Å². The van der Waals surface area contributed by atoms with E-state index in [4.69, 9.17) is 15.0 Å². The molecular formula is C21H27N7S2. The SMILES string of the molecule is Cc1nn2cc(-c3cc4sc(NC5CC(C)(C)NC(C)(C)C5)nc4c(C)n3)nc2s1. The summed E-state index contributed by atoms with van der Waals surface area (Å²) in [6, 6.07) is 2.49. The predicted molar refractivity (Wildman–Crippen MR) is 125 cm³/mol. The summed E-state index contributed by atoms with van der Waals surface area (Å²) in [7, 11) is 0. The van der Waals surface area contributed by atoms with Gasteiger partial charge >= 0.3 is 0 Å². The van der Waals surface area contributed by atoms with Gasteiger partial charge in [0.05, 0.1) is 22.3 Å².